The van der Waals surface area contributed by atoms with Crippen molar-refractivity contribution in [2.75, 3.05) is 6.54 Å². The number of imidazole rings is 1. The molecule has 17 heteroatoms. The van der Waals surface area contributed by atoms with Crippen LogP contribution >= 0.6 is 0 Å². The van der Waals surface area contributed by atoms with E-state index in [2.05, 4.69) is 15.2 Å². The van der Waals surface area contributed by atoms with E-state index in [0.29, 0.717) is 87.6 Å². The van der Waals surface area contributed by atoms with Crippen LogP contribution in [-0.4, -0.2) is 67.1 Å². The average Bonchev–Trinajstić information content (AvgIpc) is 3.73. The molecule has 64 heavy (non-hydrogen) atoms. The summed E-state index contributed by atoms with van der Waals surface area (Å²) in [5.74, 6) is -4.21. The van der Waals surface area contributed by atoms with Crippen molar-refractivity contribution >= 4 is 33.3 Å². The number of halogens is 4. The quantitative estimate of drug-likeness (QED) is 0.158. The number of fused-ring (bicyclic) bond motifs is 3. The number of nitrogens with zero attached hydrogens (tertiary/aromatic N) is 9. The highest BCUT2D eigenvalue weighted by Crippen LogP contribution is 2.51. The van der Waals surface area contributed by atoms with Gasteiger partial charge in [0.15, 0.2) is 11.6 Å². The summed E-state index contributed by atoms with van der Waals surface area (Å²) in [5, 5.41) is 14.5. The molecule has 1 atom stereocenters. The number of H-pyrrole nitrogens is 1. The van der Waals surface area contributed by atoms with Gasteiger partial charge in [-0.05, 0) is 112 Å². The van der Waals surface area contributed by atoms with Gasteiger partial charge in [0.2, 0.25) is 0 Å². The topological polar surface area (TPSA) is 138 Å². The van der Waals surface area contributed by atoms with Crippen LogP contribution in [-0.2, 0) is 19.0 Å². The van der Waals surface area contributed by atoms with Crippen molar-refractivity contribution in [1.29, 1.82) is 0 Å². The minimum absolute atomic E-state index is 0.224. The van der Waals surface area contributed by atoms with Gasteiger partial charge in [-0.1, -0.05) is 17.3 Å². The van der Waals surface area contributed by atoms with E-state index in [4.69, 9.17) is 14.6 Å². The number of carbonyl (C=O) groups excluding carboxylic acids is 1. The molecule has 1 aliphatic heterocycles. The maximum atomic E-state index is 16.2. The van der Waals surface area contributed by atoms with E-state index >= 15 is 13.6 Å². The Hall–Kier alpha value is -7.04. The number of rotatable bonds is 7. The van der Waals surface area contributed by atoms with Gasteiger partial charge in [-0.25, -0.2) is 32.0 Å². The SMILES string of the molecule is Cc1cc(-n2nc3c(c2-c2ncn(-c4ccc5c(cnn5C)c4F)c2C)[C@H](C)N(C(=O)c2cc4cc(C5=CCC(F)(F)CC5)ccc4n2C2(c4noc(=O)[nH]4)CC2)CC3)cc(C)c1F. The van der Waals surface area contributed by atoms with E-state index in [1.165, 1.54) is 6.20 Å². The summed E-state index contributed by atoms with van der Waals surface area (Å²) in [7, 11) is 1.75. The zero-order chi connectivity index (χ0) is 44.6. The van der Waals surface area contributed by atoms with Gasteiger partial charge in [0, 0.05) is 55.0 Å². The fraction of sp³-hybridized carbons (Fsp3) is 0.319. The summed E-state index contributed by atoms with van der Waals surface area (Å²) < 4.78 is 71.5. The number of hydrogen-bond acceptors (Lipinski definition) is 7. The molecule has 0 spiro atoms. The molecule has 13 nitrogen and oxygen atoms in total. The Balaban J connectivity index is 1.05. The molecule has 1 N–H and O–H groups in total. The molecule has 3 aliphatic rings. The number of allylic oxidation sites excluding steroid dienone is 2. The van der Waals surface area contributed by atoms with Crippen LogP contribution in [0.3, 0.4) is 0 Å². The smallest absolute Gasteiger partial charge is 0.330 e. The van der Waals surface area contributed by atoms with E-state index in [9.17, 15) is 13.6 Å². The lowest BCUT2D eigenvalue weighted by atomic mass is 9.91. The molecule has 2 aliphatic carbocycles. The summed E-state index contributed by atoms with van der Waals surface area (Å²) in [4.78, 5) is 37.1. The van der Waals surface area contributed by atoms with Crippen LogP contribution in [0.15, 0.2) is 76.4 Å². The van der Waals surface area contributed by atoms with E-state index in [1.807, 2.05) is 48.7 Å². The van der Waals surface area contributed by atoms with Crippen LogP contribution in [0.25, 0.3) is 50.1 Å². The van der Waals surface area contributed by atoms with Gasteiger partial charge in [0.25, 0.3) is 11.8 Å². The maximum Gasteiger partial charge on any atom is 0.438 e. The highest BCUT2D eigenvalue weighted by atomic mass is 19.3. The third-order valence-electron chi connectivity index (χ3n) is 13.6. The molecular weight excluding hydrogens is 829 g/mol. The van der Waals surface area contributed by atoms with Crippen LogP contribution < -0.4 is 5.76 Å². The Morgan fingerprint density at radius 3 is 2.42 bits per heavy atom. The molecule has 5 aromatic heterocycles. The van der Waals surface area contributed by atoms with Crippen LogP contribution in [0.4, 0.5) is 17.6 Å². The third-order valence-corrected chi connectivity index (χ3v) is 13.6. The number of nitrogens with one attached hydrogen (secondary N) is 1. The van der Waals surface area contributed by atoms with Crippen molar-refractivity contribution in [1.82, 2.24) is 48.7 Å². The van der Waals surface area contributed by atoms with Gasteiger partial charge in [-0.3, -0.25) is 23.6 Å². The number of aryl methyl sites for hydroxylation is 3. The van der Waals surface area contributed by atoms with Gasteiger partial charge in [-0.15, -0.1) is 0 Å². The number of alkyl halides is 2. The Bertz CT molecular complexity index is 3340. The summed E-state index contributed by atoms with van der Waals surface area (Å²) in [5.41, 5.74) is 7.39. The molecule has 1 amide bonds. The molecule has 11 rings (SSSR count). The highest BCUT2D eigenvalue weighted by Gasteiger charge is 2.52. The Kier molecular flexibility index (Phi) is 8.69. The predicted octanol–water partition coefficient (Wildman–Crippen LogP) is 8.95. The number of benzene rings is 3. The predicted molar refractivity (Wildman–Crippen MR) is 230 cm³/mol. The second kappa shape index (κ2) is 14.0. The van der Waals surface area contributed by atoms with Gasteiger partial charge < -0.3 is 9.47 Å². The van der Waals surface area contributed by atoms with Crippen molar-refractivity contribution in [3.05, 3.63) is 134 Å². The lowest BCUT2D eigenvalue weighted by molar-refractivity contribution is -0.00604. The van der Waals surface area contributed by atoms with Gasteiger partial charge >= 0.3 is 5.76 Å². The van der Waals surface area contributed by atoms with Crippen molar-refractivity contribution in [2.45, 2.75) is 83.7 Å². The first kappa shape index (κ1) is 39.8. The fourth-order valence-corrected chi connectivity index (χ4v) is 10.0. The number of carbonyl (C=O) groups is 1. The van der Waals surface area contributed by atoms with Crippen LogP contribution in [0.2, 0.25) is 0 Å². The van der Waals surface area contributed by atoms with Crippen molar-refractivity contribution in [2.24, 2.45) is 7.05 Å². The van der Waals surface area contributed by atoms with E-state index in [-0.39, 0.29) is 36.7 Å². The van der Waals surface area contributed by atoms with Gasteiger partial charge in [-0.2, -0.15) is 10.2 Å². The monoisotopic (exact) mass is 870 g/mol. The first-order valence-corrected chi connectivity index (χ1v) is 21.3. The minimum Gasteiger partial charge on any atom is -0.330 e. The molecule has 1 fully saturated rings. The zero-order valence-electron chi connectivity index (χ0n) is 35.6. The van der Waals surface area contributed by atoms with E-state index in [0.717, 1.165) is 27.8 Å². The highest BCUT2D eigenvalue weighted by molar-refractivity contribution is 6.00. The molecule has 0 saturated heterocycles. The molecule has 326 valence electrons. The van der Waals surface area contributed by atoms with Gasteiger partial charge in [0.1, 0.15) is 29.1 Å². The molecule has 0 radical (unpaired) electrons. The average molecular weight is 871 g/mol. The Morgan fingerprint density at radius 2 is 1.72 bits per heavy atom. The second-order valence-electron chi connectivity index (χ2n) is 17.5. The fourth-order valence-electron chi connectivity index (χ4n) is 10.0. The lowest BCUT2D eigenvalue weighted by Crippen LogP contribution is -2.40. The Labute approximate surface area is 362 Å². The second-order valence-corrected chi connectivity index (χ2v) is 17.5. The van der Waals surface area contributed by atoms with E-state index < -0.39 is 29.1 Å². The molecule has 1 saturated carbocycles. The molecular formula is C47H42F4N10O3. The number of hydrogen-bond donors (Lipinski definition) is 1. The van der Waals surface area contributed by atoms with E-state index in [1.54, 1.807) is 70.3 Å². The summed E-state index contributed by atoms with van der Waals surface area (Å²) in [6.07, 6.45) is 5.83. The molecule has 3 aromatic carbocycles. The van der Waals surface area contributed by atoms with Crippen molar-refractivity contribution in [3.63, 3.8) is 0 Å². The molecule has 6 heterocycles. The van der Waals surface area contributed by atoms with Crippen molar-refractivity contribution < 1.29 is 26.9 Å². The molecule has 8 aromatic rings. The number of aromatic amines is 1. The first-order valence-electron chi connectivity index (χ1n) is 21.3. The van der Waals surface area contributed by atoms with Crippen LogP contribution in [0, 0.1) is 32.4 Å². The third kappa shape index (κ3) is 5.95. The number of amides is 1. The number of aromatic nitrogens is 9. The molecule has 0 unspecified atom stereocenters. The van der Waals surface area contributed by atoms with Crippen LogP contribution in [0.5, 0.6) is 0 Å². The van der Waals surface area contributed by atoms with Gasteiger partial charge in [0.05, 0.1) is 45.9 Å². The van der Waals surface area contributed by atoms with Crippen molar-refractivity contribution in [3.8, 4) is 22.8 Å². The summed E-state index contributed by atoms with van der Waals surface area (Å²) in [6, 6.07) is 13.9. The lowest BCUT2D eigenvalue weighted by Gasteiger charge is -2.34. The van der Waals surface area contributed by atoms with Crippen LogP contribution in [0.1, 0.15) is 95.0 Å². The summed E-state index contributed by atoms with van der Waals surface area (Å²) in [6.45, 7) is 7.48. The molecule has 0 bridgehead atoms. The zero-order valence-corrected chi connectivity index (χ0v) is 35.6. The largest absolute Gasteiger partial charge is 0.438 e. The Morgan fingerprint density at radius 1 is 0.953 bits per heavy atom. The standard InChI is InChI=1S/C47H42F4N10O3/c1-24-18-31(19-25(2)39(24)48)61-42(41-27(4)59(23-52-41)36-9-8-35-32(40(36)49)22-53-57(35)5)38-26(3)58(17-12-33(38)55-61)43(62)37-21-30-20-29(28-10-13-47(50,51)14-11-28)6-7-34(30)60(37)46(15-16-46)44-54-45(63)64-56-44/h6-10,18-23,26H,11-17H2,1-5H3,(H,54,56,63)/t26-/m0/s1. The first-order chi connectivity index (χ1) is 30.6. The maximum absolute atomic E-state index is 16.2. The minimum atomic E-state index is -2.74. The summed E-state index contributed by atoms with van der Waals surface area (Å²) >= 11 is 0. The normalized spacial score (nSPS) is 17.9.